The number of thiol groups is 1. The zero-order chi connectivity index (χ0) is 12.8. The molecule has 0 radical (unpaired) electrons. The molecular formula is C15H27NS2. The van der Waals surface area contributed by atoms with Crippen molar-refractivity contribution in [1.82, 2.24) is 4.90 Å². The Morgan fingerprint density at radius 2 is 1.06 bits per heavy atom. The molecule has 2 saturated carbocycles. The van der Waals surface area contributed by atoms with Gasteiger partial charge in [-0.05, 0) is 25.7 Å². The maximum atomic E-state index is 5.46. The summed E-state index contributed by atoms with van der Waals surface area (Å²) < 4.78 is 0.855. The lowest BCUT2D eigenvalue weighted by Crippen LogP contribution is -2.44. The summed E-state index contributed by atoms with van der Waals surface area (Å²) in [6.07, 6.45) is 16.5. The van der Waals surface area contributed by atoms with E-state index in [1.54, 1.807) is 0 Å². The van der Waals surface area contributed by atoms with Gasteiger partial charge in [0.15, 0.2) is 0 Å². The smallest absolute Gasteiger partial charge is 0.133 e. The number of rotatable bonds is 2. The summed E-state index contributed by atoms with van der Waals surface area (Å²) in [5.74, 6) is 0. The fourth-order valence-corrected chi connectivity index (χ4v) is 4.31. The minimum absolute atomic E-state index is 0.681. The molecule has 2 aliphatic rings. The van der Waals surface area contributed by atoms with Crippen molar-refractivity contribution in [3.05, 3.63) is 0 Å². The van der Waals surface area contributed by atoms with Crippen LogP contribution in [0.15, 0.2) is 0 Å². The standard InChI is InChI=1S/C15H27NS2/c17-15(18)16(13-9-5-1-2-6-10-13)14-11-7-3-4-8-12-14/h13-14H,1-12H2,(H,17,18). The molecule has 2 aliphatic carbocycles. The Morgan fingerprint density at radius 1 is 0.722 bits per heavy atom. The first kappa shape index (κ1) is 14.6. The topological polar surface area (TPSA) is 3.24 Å². The van der Waals surface area contributed by atoms with Gasteiger partial charge in [-0.3, -0.25) is 0 Å². The average molecular weight is 286 g/mol. The monoisotopic (exact) mass is 285 g/mol. The van der Waals surface area contributed by atoms with Crippen molar-refractivity contribution < 1.29 is 0 Å². The highest BCUT2D eigenvalue weighted by atomic mass is 32.1. The molecule has 0 aliphatic heterocycles. The summed E-state index contributed by atoms with van der Waals surface area (Å²) in [4.78, 5) is 2.52. The maximum Gasteiger partial charge on any atom is 0.133 e. The van der Waals surface area contributed by atoms with Crippen LogP contribution in [0.25, 0.3) is 0 Å². The molecule has 0 unspecified atom stereocenters. The van der Waals surface area contributed by atoms with E-state index in [1.807, 2.05) is 0 Å². The van der Waals surface area contributed by atoms with Crippen LogP contribution in [0.1, 0.15) is 77.0 Å². The molecule has 0 bridgehead atoms. The molecule has 2 rings (SSSR count). The summed E-state index contributed by atoms with van der Waals surface area (Å²) in [6.45, 7) is 0. The summed E-state index contributed by atoms with van der Waals surface area (Å²) in [6, 6.07) is 1.36. The second kappa shape index (κ2) is 7.74. The van der Waals surface area contributed by atoms with Crippen LogP contribution in [0, 0.1) is 0 Å². The summed E-state index contributed by atoms with van der Waals surface area (Å²) in [7, 11) is 0. The van der Waals surface area contributed by atoms with E-state index in [-0.39, 0.29) is 0 Å². The van der Waals surface area contributed by atoms with Gasteiger partial charge < -0.3 is 4.90 Å². The van der Waals surface area contributed by atoms with E-state index in [1.165, 1.54) is 77.0 Å². The van der Waals surface area contributed by atoms with Gasteiger partial charge in [0.2, 0.25) is 0 Å². The molecule has 0 spiro atoms. The lowest BCUT2D eigenvalue weighted by Gasteiger charge is -2.38. The van der Waals surface area contributed by atoms with Gasteiger partial charge in [-0.15, -0.1) is 12.6 Å². The van der Waals surface area contributed by atoms with Gasteiger partial charge in [0.25, 0.3) is 0 Å². The van der Waals surface area contributed by atoms with E-state index in [0.717, 1.165) is 4.32 Å². The Balaban J connectivity index is 2.02. The number of thiocarbonyl (C=S) groups is 1. The third-order valence-electron chi connectivity index (χ3n) is 4.66. The Kier molecular flexibility index (Phi) is 6.30. The van der Waals surface area contributed by atoms with Gasteiger partial charge in [-0.25, -0.2) is 0 Å². The molecule has 3 heteroatoms. The van der Waals surface area contributed by atoms with E-state index in [2.05, 4.69) is 17.5 Å². The molecule has 0 aromatic carbocycles. The zero-order valence-electron chi connectivity index (χ0n) is 11.4. The first-order valence-electron chi connectivity index (χ1n) is 7.80. The highest BCUT2D eigenvalue weighted by Gasteiger charge is 2.28. The van der Waals surface area contributed by atoms with Crippen molar-refractivity contribution in [2.75, 3.05) is 0 Å². The fraction of sp³-hybridized carbons (Fsp3) is 0.933. The molecule has 0 N–H and O–H groups in total. The lowest BCUT2D eigenvalue weighted by molar-refractivity contribution is 0.207. The van der Waals surface area contributed by atoms with Gasteiger partial charge in [-0.1, -0.05) is 63.6 Å². The largest absolute Gasteiger partial charge is 0.352 e. The van der Waals surface area contributed by atoms with E-state index < -0.39 is 0 Å². The van der Waals surface area contributed by atoms with Crippen LogP contribution in [-0.2, 0) is 0 Å². The second-order valence-corrected chi connectivity index (χ2v) is 7.09. The fourth-order valence-electron chi connectivity index (χ4n) is 3.68. The van der Waals surface area contributed by atoms with Gasteiger partial charge in [-0.2, -0.15) is 0 Å². The minimum atomic E-state index is 0.681. The Morgan fingerprint density at radius 3 is 1.33 bits per heavy atom. The molecular weight excluding hydrogens is 258 g/mol. The van der Waals surface area contributed by atoms with Crippen LogP contribution < -0.4 is 0 Å². The highest BCUT2D eigenvalue weighted by molar-refractivity contribution is 8.10. The highest BCUT2D eigenvalue weighted by Crippen LogP contribution is 2.30. The molecule has 1 nitrogen and oxygen atoms in total. The van der Waals surface area contributed by atoms with Crippen LogP contribution in [0.5, 0.6) is 0 Å². The van der Waals surface area contributed by atoms with Crippen LogP contribution in [-0.4, -0.2) is 21.3 Å². The predicted molar refractivity (Wildman–Crippen MR) is 86.4 cm³/mol. The molecule has 0 aromatic heterocycles. The third-order valence-corrected chi connectivity index (χ3v) is 5.10. The van der Waals surface area contributed by atoms with Crippen molar-refractivity contribution >= 4 is 29.2 Å². The Hall–Kier alpha value is 0.240. The van der Waals surface area contributed by atoms with Crippen molar-refractivity contribution in [3.63, 3.8) is 0 Å². The van der Waals surface area contributed by atoms with E-state index in [4.69, 9.17) is 12.2 Å². The number of hydrogen-bond donors (Lipinski definition) is 1. The van der Waals surface area contributed by atoms with E-state index in [0.29, 0.717) is 12.1 Å². The van der Waals surface area contributed by atoms with Crippen LogP contribution in [0.4, 0.5) is 0 Å². The molecule has 104 valence electrons. The molecule has 0 saturated heterocycles. The molecule has 2 fully saturated rings. The van der Waals surface area contributed by atoms with Gasteiger partial charge in [0.05, 0.1) is 0 Å². The molecule has 0 atom stereocenters. The lowest BCUT2D eigenvalue weighted by atomic mass is 10.0. The van der Waals surface area contributed by atoms with Crippen molar-refractivity contribution in [2.45, 2.75) is 89.1 Å². The number of nitrogens with zero attached hydrogens (tertiary/aromatic N) is 1. The van der Waals surface area contributed by atoms with Gasteiger partial charge in [0.1, 0.15) is 4.32 Å². The summed E-state index contributed by atoms with van der Waals surface area (Å²) in [5, 5.41) is 0. The minimum Gasteiger partial charge on any atom is -0.352 e. The average Bonchev–Trinajstić information content (AvgIpc) is 2.74. The van der Waals surface area contributed by atoms with Crippen molar-refractivity contribution in [3.8, 4) is 0 Å². The molecule has 18 heavy (non-hydrogen) atoms. The van der Waals surface area contributed by atoms with Crippen LogP contribution in [0.3, 0.4) is 0 Å². The molecule has 0 aromatic rings. The quantitative estimate of drug-likeness (QED) is 0.434. The van der Waals surface area contributed by atoms with E-state index in [9.17, 15) is 0 Å². The second-order valence-electron chi connectivity index (χ2n) is 5.98. The molecule has 0 heterocycles. The predicted octanol–water partition coefficient (Wildman–Crippen LogP) is 4.95. The van der Waals surface area contributed by atoms with Gasteiger partial charge in [0, 0.05) is 12.1 Å². The van der Waals surface area contributed by atoms with Crippen LogP contribution >= 0.6 is 24.8 Å². The van der Waals surface area contributed by atoms with Crippen LogP contribution in [0.2, 0.25) is 0 Å². The Labute approximate surface area is 123 Å². The first-order valence-corrected chi connectivity index (χ1v) is 8.66. The maximum absolute atomic E-state index is 5.46. The SMILES string of the molecule is S=C(S)N(C1CCCCCC1)C1CCCCCC1. The van der Waals surface area contributed by atoms with Gasteiger partial charge >= 0.3 is 0 Å². The zero-order valence-corrected chi connectivity index (χ0v) is 13.2. The summed E-state index contributed by atoms with van der Waals surface area (Å²) >= 11 is 10.00. The van der Waals surface area contributed by atoms with Crippen molar-refractivity contribution in [1.29, 1.82) is 0 Å². The first-order chi connectivity index (χ1) is 8.79. The Bertz CT molecular complexity index is 231. The summed E-state index contributed by atoms with van der Waals surface area (Å²) in [5.41, 5.74) is 0. The normalized spacial score (nSPS) is 24.3. The number of hydrogen-bond acceptors (Lipinski definition) is 1. The van der Waals surface area contributed by atoms with E-state index >= 15 is 0 Å². The van der Waals surface area contributed by atoms with Crippen molar-refractivity contribution in [2.24, 2.45) is 0 Å². The molecule has 0 amide bonds. The third kappa shape index (κ3) is 4.12.